The smallest absolute Gasteiger partial charge is 0.306 e. The van der Waals surface area contributed by atoms with Crippen LogP contribution in [0.15, 0.2) is 0 Å². The minimum absolute atomic E-state index is 0.0235. The van der Waals surface area contributed by atoms with Crippen molar-refractivity contribution in [2.24, 2.45) is 5.92 Å². The van der Waals surface area contributed by atoms with E-state index in [4.69, 9.17) is 9.47 Å². The van der Waals surface area contributed by atoms with Gasteiger partial charge in [-0.25, -0.2) is 0 Å². The van der Waals surface area contributed by atoms with E-state index < -0.39 is 0 Å². The van der Waals surface area contributed by atoms with Gasteiger partial charge in [-0.05, 0) is 25.2 Å². The van der Waals surface area contributed by atoms with Gasteiger partial charge in [0.2, 0.25) is 0 Å². The van der Waals surface area contributed by atoms with Gasteiger partial charge in [-0.1, -0.05) is 40.5 Å². The van der Waals surface area contributed by atoms with Gasteiger partial charge in [0.1, 0.15) is 6.10 Å². The van der Waals surface area contributed by atoms with E-state index in [1.54, 1.807) is 0 Å². The van der Waals surface area contributed by atoms with Crippen LogP contribution in [-0.4, -0.2) is 24.6 Å². The van der Waals surface area contributed by atoms with Gasteiger partial charge in [-0.2, -0.15) is 0 Å². The molecule has 0 fully saturated rings. The van der Waals surface area contributed by atoms with Gasteiger partial charge in [0.25, 0.3) is 0 Å². The number of esters is 2. The van der Waals surface area contributed by atoms with Gasteiger partial charge in [-0.3, -0.25) is 9.59 Å². The number of carbonyl (C=O) groups excluding carboxylic acids is 2. The van der Waals surface area contributed by atoms with Crippen molar-refractivity contribution in [2.75, 3.05) is 6.61 Å². The molecule has 0 aromatic carbocycles. The highest BCUT2D eigenvalue weighted by molar-refractivity contribution is 5.72. The van der Waals surface area contributed by atoms with Gasteiger partial charge < -0.3 is 9.47 Å². The molecule has 0 aliphatic carbocycles. The first-order valence-electron chi connectivity index (χ1n) is 7.84. The number of hydrogen-bond donors (Lipinski definition) is 0. The fourth-order valence-corrected chi connectivity index (χ4v) is 1.73. The minimum Gasteiger partial charge on any atom is -0.465 e. The largest absolute Gasteiger partial charge is 0.465 e. The van der Waals surface area contributed by atoms with Gasteiger partial charge in [0.15, 0.2) is 0 Å². The molecule has 0 rings (SSSR count). The van der Waals surface area contributed by atoms with E-state index in [0.717, 1.165) is 25.7 Å². The minimum atomic E-state index is -0.232. The number of carbonyl (C=O) groups is 2. The lowest BCUT2D eigenvalue weighted by atomic mass is 10.1. The van der Waals surface area contributed by atoms with Gasteiger partial charge in [-0.15, -0.1) is 0 Å². The molecule has 4 nitrogen and oxygen atoms in total. The lowest BCUT2D eigenvalue weighted by Crippen LogP contribution is -2.17. The molecular formula is C16H30O4. The van der Waals surface area contributed by atoms with E-state index in [9.17, 15) is 9.59 Å². The molecule has 0 amide bonds. The first-order chi connectivity index (χ1) is 9.49. The summed E-state index contributed by atoms with van der Waals surface area (Å²) in [5, 5.41) is 0. The van der Waals surface area contributed by atoms with Crippen molar-refractivity contribution >= 4 is 11.9 Å². The zero-order valence-corrected chi connectivity index (χ0v) is 13.4. The van der Waals surface area contributed by atoms with E-state index in [1.807, 2.05) is 20.8 Å². The molecular weight excluding hydrogens is 256 g/mol. The van der Waals surface area contributed by atoms with E-state index in [0.29, 0.717) is 25.4 Å². The lowest BCUT2D eigenvalue weighted by molar-refractivity contribution is -0.150. The highest BCUT2D eigenvalue weighted by Gasteiger charge is 2.13. The molecule has 0 spiro atoms. The lowest BCUT2D eigenvalue weighted by Gasteiger charge is -2.15. The highest BCUT2D eigenvalue weighted by atomic mass is 16.5. The van der Waals surface area contributed by atoms with Crippen molar-refractivity contribution < 1.29 is 19.1 Å². The highest BCUT2D eigenvalue weighted by Crippen LogP contribution is 2.11. The molecule has 118 valence electrons. The van der Waals surface area contributed by atoms with Crippen molar-refractivity contribution in [2.45, 2.75) is 78.7 Å². The van der Waals surface area contributed by atoms with Crippen LogP contribution in [0.2, 0.25) is 0 Å². The molecule has 0 aliphatic heterocycles. The third-order valence-corrected chi connectivity index (χ3v) is 2.97. The summed E-state index contributed by atoms with van der Waals surface area (Å²) in [5.74, 6) is -0.0954. The Morgan fingerprint density at radius 1 is 1.00 bits per heavy atom. The summed E-state index contributed by atoms with van der Waals surface area (Å²) >= 11 is 0. The zero-order valence-electron chi connectivity index (χ0n) is 13.4. The van der Waals surface area contributed by atoms with Crippen LogP contribution in [0.1, 0.15) is 72.6 Å². The molecule has 0 radical (unpaired) electrons. The molecule has 0 saturated heterocycles. The Hall–Kier alpha value is -1.06. The predicted octanol–water partition coefficient (Wildman–Crippen LogP) is 3.87. The average Bonchev–Trinajstić information content (AvgIpc) is 2.41. The number of rotatable bonds is 11. The molecule has 4 heteroatoms. The maximum Gasteiger partial charge on any atom is 0.306 e. The third kappa shape index (κ3) is 10.8. The molecule has 0 aliphatic rings. The summed E-state index contributed by atoms with van der Waals surface area (Å²) in [6.07, 6.45) is 5.06. The molecule has 0 bridgehead atoms. The van der Waals surface area contributed by atoms with Gasteiger partial charge >= 0.3 is 11.9 Å². The Bertz CT molecular complexity index is 274. The van der Waals surface area contributed by atoms with Crippen molar-refractivity contribution in [3.63, 3.8) is 0 Å². The first-order valence-corrected chi connectivity index (χ1v) is 7.84. The van der Waals surface area contributed by atoms with Crippen LogP contribution in [0, 0.1) is 5.92 Å². The normalized spacial score (nSPS) is 12.2. The second-order valence-corrected chi connectivity index (χ2v) is 5.59. The van der Waals surface area contributed by atoms with Gasteiger partial charge in [0, 0.05) is 12.8 Å². The molecule has 0 N–H and O–H groups in total. The average molecular weight is 286 g/mol. The molecule has 0 aromatic heterocycles. The zero-order chi connectivity index (χ0) is 15.4. The third-order valence-electron chi connectivity index (χ3n) is 2.97. The first kappa shape index (κ1) is 18.9. The standard InChI is InChI=1S/C16H30O4/c1-5-7-9-14(6-2)20-16(18)11-8-10-15(17)19-12-13(3)4/h13-14H,5-12H2,1-4H3. The number of unbranched alkanes of at least 4 members (excludes halogenated alkanes) is 1. The SMILES string of the molecule is CCCCC(CC)OC(=O)CCCC(=O)OCC(C)C. The van der Waals surface area contributed by atoms with Crippen molar-refractivity contribution in [1.82, 2.24) is 0 Å². The second-order valence-electron chi connectivity index (χ2n) is 5.59. The summed E-state index contributed by atoms with van der Waals surface area (Å²) in [6, 6.07) is 0. The Morgan fingerprint density at radius 3 is 2.20 bits per heavy atom. The Morgan fingerprint density at radius 2 is 1.65 bits per heavy atom. The molecule has 20 heavy (non-hydrogen) atoms. The summed E-state index contributed by atoms with van der Waals surface area (Å²) in [4.78, 5) is 23.0. The Balaban J connectivity index is 3.73. The fourth-order valence-electron chi connectivity index (χ4n) is 1.73. The quantitative estimate of drug-likeness (QED) is 0.541. The van der Waals surface area contributed by atoms with Crippen LogP contribution < -0.4 is 0 Å². The van der Waals surface area contributed by atoms with Crippen molar-refractivity contribution in [1.29, 1.82) is 0 Å². The summed E-state index contributed by atoms with van der Waals surface area (Å²) in [5.41, 5.74) is 0. The number of hydrogen-bond acceptors (Lipinski definition) is 4. The van der Waals surface area contributed by atoms with E-state index in [1.165, 1.54) is 0 Å². The van der Waals surface area contributed by atoms with Crippen LogP contribution in [0.3, 0.4) is 0 Å². The van der Waals surface area contributed by atoms with E-state index in [-0.39, 0.29) is 24.5 Å². The van der Waals surface area contributed by atoms with Gasteiger partial charge in [0.05, 0.1) is 6.61 Å². The monoisotopic (exact) mass is 286 g/mol. The molecule has 0 aromatic rings. The molecule has 0 heterocycles. The van der Waals surface area contributed by atoms with Crippen LogP contribution >= 0.6 is 0 Å². The summed E-state index contributed by atoms with van der Waals surface area (Å²) in [7, 11) is 0. The Kier molecular flexibility index (Phi) is 11.1. The topological polar surface area (TPSA) is 52.6 Å². The van der Waals surface area contributed by atoms with Crippen molar-refractivity contribution in [3.8, 4) is 0 Å². The van der Waals surface area contributed by atoms with E-state index >= 15 is 0 Å². The van der Waals surface area contributed by atoms with Crippen LogP contribution in [0.25, 0.3) is 0 Å². The van der Waals surface area contributed by atoms with Crippen LogP contribution in [-0.2, 0) is 19.1 Å². The summed E-state index contributed by atoms with van der Waals surface area (Å²) < 4.78 is 10.4. The summed E-state index contributed by atoms with van der Waals surface area (Å²) in [6.45, 7) is 8.57. The van der Waals surface area contributed by atoms with Crippen LogP contribution in [0.4, 0.5) is 0 Å². The molecule has 1 atom stereocenters. The van der Waals surface area contributed by atoms with Crippen LogP contribution in [0.5, 0.6) is 0 Å². The fraction of sp³-hybridized carbons (Fsp3) is 0.875. The maximum absolute atomic E-state index is 11.6. The van der Waals surface area contributed by atoms with E-state index in [2.05, 4.69) is 6.92 Å². The van der Waals surface area contributed by atoms with Crippen molar-refractivity contribution in [3.05, 3.63) is 0 Å². The Labute approximate surface area is 123 Å². The second kappa shape index (κ2) is 11.7. The maximum atomic E-state index is 11.6. The number of ether oxygens (including phenoxy) is 2. The molecule has 1 unspecified atom stereocenters. The predicted molar refractivity (Wildman–Crippen MR) is 79.3 cm³/mol. The molecule has 0 saturated carbocycles.